The molecule has 0 radical (unpaired) electrons. The molecule has 0 unspecified atom stereocenters. The van der Waals surface area contributed by atoms with E-state index < -0.39 is 0 Å². The fraction of sp³-hybridized carbons (Fsp3) is 0. The number of nitrogens with two attached hydrogens (primary N) is 1. The van der Waals surface area contributed by atoms with Gasteiger partial charge in [0, 0.05) is 16.7 Å². The van der Waals surface area contributed by atoms with Gasteiger partial charge in [0.15, 0.2) is 0 Å². The Labute approximate surface area is 174 Å². The van der Waals surface area contributed by atoms with Gasteiger partial charge in [0.25, 0.3) is 0 Å². The number of hydrogen-bond acceptors (Lipinski definition) is 2. The van der Waals surface area contributed by atoms with Crippen LogP contribution >= 0.6 is 69.6 Å². The van der Waals surface area contributed by atoms with Crippen molar-refractivity contribution in [3.05, 3.63) is 66.5 Å². The van der Waals surface area contributed by atoms with Crippen LogP contribution in [0.2, 0.25) is 30.1 Å². The van der Waals surface area contributed by atoms with Crippen molar-refractivity contribution < 1.29 is 0 Å². The first kappa shape index (κ1) is 18.9. The molecule has 0 fully saturated rings. The number of aromatic nitrogens is 1. The van der Waals surface area contributed by atoms with E-state index in [1.54, 1.807) is 36.4 Å². The highest BCUT2D eigenvalue weighted by Gasteiger charge is 2.18. The van der Waals surface area contributed by atoms with E-state index in [0.717, 1.165) is 0 Å². The summed E-state index contributed by atoms with van der Waals surface area (Å²) in [5, 5.41) is 2.20. The highest BCUT2D eigenvalue weighted by atomic mass is 35.5. The van der Waals surface area contributed by atoms with Gasteiger partial charge in [0.05, 0.1) is 35.8 Å². The quantitative estimate of drug-likeness (QED) is 0.401. The second-order valence-electron chi connectivity index (χ2n) is 5.12. The maximum absolute atomic E-state index is 6.35. The minimum Gasteiger partial charge on any atom is -0.384 e. The maximum Gasteiger partial charge on any atom is 0.124 e. The van der Waals surface area contributed by atoms with E-state index in [1.165, 1.54) is 0 Å². The molecule has 1 aromatic heterocycles. The number of rotatable bonds is 2. The first-order valence-corrected chi connectivity index (χ1v) is 9.11. The predicted octanol–water partition coefficient (Wildman–Crippen LogP) is 7.92. The second kappa shape index (κ2) is 7.40. The standard InChI is InChI=1S/C17H8Cl6N2/c18-10-5-14(22)12(20)3-8(10)7-1-2-16(24)25-17(7)9-4-13(21)15(23)6-11(9)19/h1-6H,(H2,24,25). The number of halogens is 6. The largest absolute Gasteiger partial charge is 0.384 e. The van der Waals surface area contributed by atoms with Crippen LogP contribution in [-0.4, -0.2) is 4.98 Å². The lowest BCUT2D eigenvalue weighted by atomic mass is 9.99. The summed E-state index contributed by atoms with van der Waals surface area (Å²) in [4.78, 5) is 4.40. The van der Waals surface area contributed by atoms with Crippen LogP contribution in [0.5, 0.6) is 0 Å². The molecule has 8 heteroatoms. The molecule has 2 nitrogen and oxygen atoms in total. The molecule has 128 valence electrons. The first-order chi connectivity index (χ1) is 11.8. The van der Waals surface area contributed by atoms with Gasteiger partial charge in [0.2, 0.25) is 0 Å². The molecule has 3 aromatic rings. The smallest absolute Gasteiger partial charge is 0.124 e. The molecule has 0 aliphatic heterocycles. The summed E-state index contributed by atoms with van der Waals surface area (Å²) in [6.07, 6.45) is 0. The first-order valence-electron chi connectivity index (χ1n) is 6.84. The summed E-state index contributed by atoms with van der Waals surface area (Å²) >= 11 is 37.0. The van der Waals surface area contributed by atoms with Crippen LogP contribution in [0.4, 0.5) is 5.82 Å². The van der Waals surface area contributed by atoms with E-state index in [1.807, 2.05) is 0 Å². The Morgan fingerprint density at radius 1 is 0.560 bits per heavy atom. The summed E-state index contributed by atoms with van der Waals surface area (Å²) in [6.45, 7) is 0. The van der Waals surface area contributed by atoms with Crippen LogP contribution < -0.4 is 5.73 Å². The summed E-state index contributed by atoms with van der Waals surface area (Å²) in [5.74, 6) is 0.317. The molecule has 0 saturated carbocycles. The second-order valence-corrected chi connectivity index (χ2v) is 7.57. The molecule has 1 heterocycles. The number of pyridine rings is 1. The van der Waals surface area contributed by atoms with Crippen molar-refractivity contribution in [2.75, 3.05) is 5.73 Å². The molecule has 2 aromatic carbocycles. The maximum atomic E-state index is 6.35. The summed E-state index contributed by atoms with van der Waals surface area (Å²) < 4.78 is 0. The third kappa shape index (κ3) is 3.80. The number of anilines is 1. The molecule has 0 aliphatic rings. The Morgan fingerprint density at radius 2 is 1.04 bits per heavy atom. The lowest BCUT2D eigenvalue weighted by molar-refractivity contribution is 1.33. The van der Waals surface area contributed by atoms with E-state index >= 15 is 0 Å². The minimum atomic E-state index is 0.317. The Bertz CT molecular complexity index is 987. The van der Waals surface area contributed by atoms with Crippen molar-refractivity contribution in [3.63, 3.8) is 0 Å². The fourth-order valence-corrected chi connectivity index (χ4v) is 3.61. The van der Waals surface area contributed by atoms with Crippen LogP contribution in [0.1, 0.15) is 0 Å². The summed E-state index contributed by atoms with van der Waals surface area (Å²) in [6, 6.07) is 9.84. The lowest BCUT2D eigenvalue weighted by Crippen LogP contribution is -1.96. The van der Waals surface area contributed by atoms with Crippen LogP contribution in [-0.2, 0) is 0 Å². The van der Waals surface area contributed by atoms with Crippen molar-refractivity contribution in [1.29, 1.82) is 0 Å². The van der Waals surface area contributed by atoms with Gasteiger partial charge >= 0.3 is 0 Å². The zero-order chi connectivity index (χ0) is 18.3. The number of hydrogen-bond donors (Lipinski definition) is 1. The lowest BCUT2D eigenvalue weighted by Gasteiger charge is -2.14. The highest BCUT2D eigenvalue weighted by Crippen LogP contribution is 2.42. The van der Waals surface area contributed by atoms with E-state index in [0.29, 0.717) is 58.3 Å². The van der Waals surface area contributed by atoms with Crippen LogP contribution in [0.3, 0.4) is 0 Å². The Balaban J connectivity index is 2.32. The summed E-state index contributed by atoms with van der Waals surface area (Å²) in [7, 11) is 0. The van der Waals surface area contributed by atoms with Crippen molar-refractivity contribution in [2.45, 2.75) is 0 Å². The molecule has 0 amide bonds. The summed E-state index contributed by atoms with van der Waals surface area (Å²) in [5.41, 5.74) is 8.25. The molecule has 3 rings (SSSR count). The highest BCUT2D eigenvalue weighted by molar-refractivity contribution is 6.45. The molecule has 0 bridgehead atoms. The van der Waals surface area contributed by atoms with Gasteiger partial charge in [-0.25, -0.2) is 4.98 Å². The van der Waals surface area contributed by atoms with Gasteiger partial charge in [-0.2, -0.15) is 0 Å². The van der Waals surface area contributed by atoms with E-state index in [4.69, 9.17) is 75.3 Å². The fourth-order valence-electron chi connectivity index (χ4n) is 2.33. The molecular weight excluding hydrogens is 445 g/mol. The Hall–Kier alpha value is -0.870. The molecule has 0 aliphatic carbocycles. The van der Waals surface area contributed by atoms with Crippen LogP contribution in [0.15, 0.2) is 36.4 Å². The third-order valence-corrected chi connectivity index (χ3v) is 5.55. The van der Waals surface area contributed by atoms with Gasteiger partial charge in [-0.3, -0.25) is 0 Å². The molecular formula is C17H8Cl6N2. The Kier molecular flexibility index (Phi) is 5.60. The number of nitrogens with zero attached hydrogens (tertiary/aromatic N) is 1. The monoisotopic (exact) mass is 450 g/mol. The zero-order valence-corrected chi connectivity index (χ0v) is 16.8. The molecule has 0 saturated heterocycles. The van der Waals surface area contributed by atoms with Crippen LogP contribution in [0, 0.1) is 0 Å². The van der Waals surface area contributed by atoms with Crippen molar-refractivity contribution >= 4 is 75.4 Å². The van der Waals surface area contributed by atoms with E-state index in [9.17, 15) is 0 Å². The van der Waals surface area contributed by atoms with Gasteiger partial charge in [-0.05, 0) is 36.4 Å². The van der Waals surface area contributed by atoms with Gasteiger partial charge in [-0.1, -0.05) is 69.6 Å². The van der Waals surface area contributed by atoms with Gasteiger partial charge < -0.3 is 5.73 Å². The van der Waals surface area contributed by atoms with E-state index in [2.05, 4.69) is 4.98 Å². The normalized spacial score (nSPS) is 11.0. The molecule has 2 N–H and O–H groups in total. The van der Waals surface area contributed by atoms with Crippen LogP contribution in [0.25, 0.3) is 22.4 Å². The van der Waals surface area contributed by atoms with Gasteiger partial charge in [-0.15, -0.1) is 0 Å². The number of nitrogen functional groups attached to an aromatic ring is 1. The Morgan fingerprint density at radius 3 is 1.64 bits per heavy atom. The minimum absolute atomic E-state index is 0.317. The third-order valence-electron chi connectivity index (χ3n) is 3.48. The predicted molar refractivity (Wildman–Crippen MR) is 110 cm³/mol. The topological polar surface area (TPSA) is 38.9 Å². The zero-order valence-electron chi connectivity index (χ0n) is 12.3. The molecule has 0 spiro atoms. The average Bonchev–Trinajstić information content (AvgIpc) is 2.54. The van der Waals surface area contributed by atoms with Crippen molar-refractivity contribution in [3.8, 4) is 22.4 Å². The average molecular weight is 453 g/mol. The SMILES string of the molecule is Nc1ccc(-c2cc(Cl)c(Cl)cc2Cl)c(-c2cc(Cl)c(Cl)cc2Cl)n1. The van der Waals surface area contributed by atoms with E-state index in [-0.39, 0.29) is 0 Å². The molecule has 0 atom stereocenters. The molecule has 25 heavy (non-hydrogen) atoms. The van der Waals surface area contributed by atoms with Gasteiger partial charge in [0.1, 0.15) is 5.82 Å². The number of benzene rings is 2. The van der Waals surface area contributed by atoms with Crippen molar-refractivity contribution in [1.82, 2.24) is 4.98 Å². The van der Waals surface area contributed by atoms with Crippen molar-refractivity contribution in [2.24, 2.45) is 0 Å².